The normalized spacial score (nSPS) is 12.4. The minimum Gasteiger partial charge on any atom is -0.311 e. The molecule has 0 aliphatic carbocycles. The summed E-state index contributed by atoms with van der Waals surface area (Å²) in [6.07, 6.45) is 0. The molecule has 0 bridgehead atoms. The number of para-hydroxylation sites is 9. The first-order valence-electron chi connectivity index (χ1n) is 29.2. The average molecular weight is 1090 g/mol. The van der Waals surface area contributed by atoms with E-state index in [1.165, 1.54) is 43.5 Å². The second-order valence-corrected chi connectivity index (χ2v) is 22.1. The summed E-state index contributed by atoms with van der Waals surface area (Å²) in [5.41, 5.74) is 23.8. The zero-order chi connectivity index (χ0) is 56.0. The molecular weight excluding hydrogens is 1030 g/mol. The van der Waals surface area contributed by atoms with Gasteiger partial charge in [0.15, 0.2) is 0 Å². The fraction of sp³-hybridized carbons (Fsp3) is 0. The summed E-state index contributed by atoms with van der Waals surface area (Å²) in [5, 5.41) is 4.82. The number of rotatable bonds is 11. The molecule has 0 amide bonds. The minimum atomic E-state index is -0.186. The third-order valence-corrected chi connectivity index (χ3v) is 17.3. The molecule has 0 radical (unpaired) electrons. The molecule has 85 heavy (non-hydrogen) atoms. The highest BCUT2D eigenvalue weighted by Crippen LogP contribution is 2.52. The zero-order valence-electron chi connectivity index (χ0n) is 46.4. The summed E-state index contributed by atoms with van der Waals surface area (Å²) in [4.78, 5) is 12.3. The lowest BCUT2D eigenvalue weighted by Gasteiger charge is -2.45. The largest absolute Gasteiger partial charge is 0.311 e. The van der Waals surface area contributed by atoms with Crippen molar-refractivity contribution in [3.05, 3.63) is 322 Å². The van der Waals surface area contributed by atoms with Gasteiger partial charge < -0.3 is 28.9 Å². The third kappa shape index (κ3) is 7.67. The van der Waals surface area contributed by atoms with Crippen molar-refractivity contribution in [1.29, 1.82) is 0 Å². The molecule has 0 fully saturated rings. The summed E-state index contributed by atoms with van der Waals surface area (Å²) in [7, 11) is 0. The molecule has 6 nitrogen and oxygen atoms in total. The van der Waals surface area contributed by atoms with Gasteiger partial charge in [0.2, 0.25) is 0 Å². The van der Waals surface area contributed by atoms with Gasteiger partial charge in [0.05, 0.1) is 22.2 Å². The lowest BCUT2D eigenvalue weighted by Crippen LogP contribution is -2.61. The van der Waals surface area contributed by atoms with Crippen molar-refractivity contribution in [3.63, 3.8) is 0 Å². The van der Waals surface area contributed by atoms with E-state index >= 15 is 0 Å². The van der Waals surface area contributed by atoms with E-state index in [1.54, 1.807) is 0 Å². The van der Waals surface area contributed by atoms with Crippen molar-refractivity contribution < 1.29 is 0 Å². The summed E-state index contributed by atoms with van der Waals surface area (Å²) in [6, 6.07) is 118. The van der Waals surface area contributed by atoms with Crippen molar-refractivity contribution in [1.82, 2.24) is 4.40 Å². The van der Waals surface area contributed by atoms with Gasteiger partial charge in [-0.2, -0.15) is 0 Å². The molecule has 0 saturated carbocycles. The molecule has 0 N–H and O–H groups in total. The Morgan fingerprint density at radius 1 is 0.247 bits per heavy atom. The maximum absolute atomic E-state index is 2.59. The highest BCUT2D eigenvalue weighted by Gasteiger charge is 2.46. The van der Waals surface area contributed by atoms with E-state index in [4.69, 9.17) is 0 Å². The predicted octanol–water partition coefficient (Wildman–Crippen LogP) is 19.3. The van der Waals surface area contributed by atoms with Crippen LogP contribution in [0, 0.1) is 0 Å². The van der Waals surface area contributed by atoms with Gasteiger partial charge in [-0.3, -0.25) is 0 Å². The highest BCUT2D eigenvalue weighted by atomic mass is 15.2. The Morgan fingerprint density at radius 3 is 1.05 bits per heavy atom. The first-order valence-corrected chi connectivity index (χ1v) is 29.2. The van der Waals surface area contributed by atoms with Crippen LogP contribution in [0.25, 0.3) is 38.1 Å². The number of benzene rings is 13. The van der Waals surface area contributed by atoms with Crippen LogP contribution in [-0.2, 0) is 0 Å². The third-order valence-electron chi connectivity index (χ3n) is 17.3. The molecule has 13 aromatic carbocycles. The molecule has 0 atom stereocenters. The van der Waals surface area contributed by atoms with Gasteiger partial charge in [-0.05, 0) is 174 Å². The van der Waals surface area contributed by atoms with Crippen molar-refractivity contribution in [2.45, 2.75) is 0 Å². The molecule has 2 aliphatic heterocycles. The molecule has 0 saturated heterocycles. The number of hydrogen-bond donors (Lipinski definition) is 0. The summed E-state index contributed by atoms with van der Waals surface area (Å²) in [5.74, 6) is 0. The monoisotopic (exact) mass is 1080 g/mol. The van der Waals surface area contributed by atoms with E-state index in [1.807, 2.05) is 0 Å². The van der Waals surface area contributed by atoms with Crippen LogP contribution in [0.3, 0.4) is 0 Å². The molecule has 398 valence electrons. The Bertz CT molecular complexity index is 4830. The van der Waals surface area contributed by atoms with Gasteiger partial charge in [-0.25, -0.2) is 0 Å². The Labute approximate surface area is 494 Å². The van der Waals surface area contributed by atoms with Crippen molar-refractivity contribution >= 4 is 147 Å². The van der Waals surface area contributed by atoms with Crippen LogP contribution in [0.15, 0.2) is 322 Å². The molecule has 7 heteroatoms. The van der Waals surface area contributed by atoms with E-state index in [2.05, 4.69) is 350 Å². The lowest BCUT2D eigenvalue weighted by atomic mass is 9.33. The quantitative estimate of drug-likeness (QED) is 0.120. The molecule has 0 unspecified atom stereocenters. The smallest absolute Gasteiger partial charge is 0.253 e. The van der Waals surface area contributed by atoms with E-state index in [0.29, 0.717) is 0 Å². The van der Waals surface area contributed by atoms with Crippen LogP contribution in [0.5, 0.6) is 0 Å². The number of aromatic nitrogens is 1. The van der Waals surface area contributed by atoms with E-state index < -0.39 is 0 Å². The van der Waals surface area contributed by atoms with Crippen LogP contribution in [0.1, 0.15) is 0 Å². The van der Waals surface area contributed by atoms with E-state index in [9.17, 15) is 0 Å². The van der Waals surface area contributed by atoms with Gasteiger partial charge in [-0.15, -0.1) is 0 Å². The van der Waals surface area contributed by atoms with Crippen molar-refractivity contribution in [3.8, 4) is 0 Å². The molecule has 0 spiro atoms. The first kappa shape index (κ1) is 48.4. The van der Waals surface area contributed by atoms with E-state index in [0.717, 1.165) is 96.3 Å². The van der Waals surface area contributed by atoms with E-state index in [-0.39, 0.29) is 6.71 Å². The number of fused-ring (bicyclic) bond motifs is 11. The molecular formula is C78H53BN6. The molecule has 2 aromatic heterocycles. The molecule has 2 aliphatic rings. The predicted molar refractivity (Wildman–Crippen MR) is 359 cm³/mol. The number of hydrogen-bond acceptors (Lipinski definition) is 5. The second kappa shape index (κ2) is 19.7. The zero-order valence-corrected chi connectivity index (χ0v) is 46.4. The van der Waals surface area contributed by atoms with Gasteiger partial charge >= 0.3 is 0 Å². The molecule has 17 rings (SSSR count). The van der Waals surface area contributed by atoms with Crippen LogP contribution >= 0.6 is 0 Å². The Morgan fingerprint density at radius 2 is 0.600 bits per heavy atom. The van der Waals surface area contributed by atoms with Crippen molar-refractivity contribution in [2.24, 2.45) is 0 Å². The highest BCUT2D eigenvalue weighted by molar-refractivity contribution is 7.02. The topological polar surface area (TPSA) is 20.6 Å². The van der Waals surface area contributed by atoms with Crippen LogP contribution in [0.2, 0.25) is 0 Å². The Balaban J connectivity index is 1.03. The van der Waals surface area contributed by atoms with Gasteiger partial charge in [-0.1, -0.05) is 164 Å². The van der Waals surface area contributed by atoms with Crippen LogP contribution in [0.4, 0.5) is 85.3 Å². The van der Waals surface area contributed by atoms with Gasteiger partial charge in [0.25, 0.3) is 6.71 Å². The molecule has 4 heterocycles. The van der Waals surface area contributed by atoms with Gasteiger partial charge in [0, 0.05) is 101 Å². The van der Waals surface area contributed by atoms with Crippen LogP contribution < -0.4 is 40.9 Å². The summed E-state index contributed by atoms with van der Waals surface area (Å²) < 4.78 is 2.57. The summed E-state index contributed by atoms with van der Waals surface area (Å²) in [6.45, 7) is -0.186. The maximum Gasteiger partial charge on any atom is 0.253 e. The standard InChI is InChI=1S/C78H53BN6/c1-9-27-54(28-10-1)80(55-29-11-2-12-30-55)62-45-47-69-65(49-62)66-53-74-77(75-67-50-63(46-48-70(67)85(69)78(66)75)81(56-31-13-3-14-32-56)57-33-15-4-16-34-57)79-68-43-25-26-44-71(68)83(60-39-21-7-22-40-60)72-51-64(52-73(76(72)79)84(74)61-41-23-8-24-42-61)82(58-35-17-5-18-36-58)59-37-19-6-20-38-59/h1-53H. The molecule has 15 aromatic rings. The SMILES string of the molecule is c1ccc(N(c2ccccc2)c2cc3c4c(c2)N(c2ccccc2)c2cc5c6cc(N(c7ccccc7)c7ccccc7)ccc6n6c7ccc(N(c8ccccc8)c8ccccc8)cc7c(c2B4c2ccccc2N3c2ccccc2)c56)cc1. The fourth-order valence-electron chi connectivity index (χ4n) is 13.9. The summed E-state index contributed by atoms with van der Waals surface area (Å²) >= 11 is 0. The lowest BCUT2D eigenvalue weighted by molar-refractivity contribution is 1.23. The first-order chi connectivity index (χ1) is 42.2. The minimum absolute atomic E-state index is 0.186. The van der Waals surface area contributed by atoms with Crippen LogP contribution in [-0.4, -0.2) is 11.1 Å². The van der Waals surface area contributed by atoms with Crippen molar-refractivity contribution in [2.75, 3.05) is 24.5 Å². The number of nitrogens with zero attached hydrogens (tertiary/aromatic N) is 6. The number of anilines is 15. The Kier molecular flexibility index (Phi) is 11.2. The maximum atomic E-state index is 2.59. The van der Waals surface area contributed by atoms with Gasteiger partial charge in [0.1, 0.15) is 0 Å². The second-order valence-electron chi connectivity index (χ2n) is 22.1. The Hall–Kier alpha value is -11.3. The average Bonchev–Trinajstić information content (AvgIpc) is 1.75. The fourth-order valence-corrected chi connectivity index (χ4v) is 13.9.